The van der Waals surface area contributed by atoms with Crippen LogP contribution in [0.2, 0.25) is 10.0 Å². The third-order valence-corrected chi connectivity index (χ3v) is 6.41. The Morgan fingerprint density at radius 1 is 0.643 bits per heavy atom. The van der Waals surface area contributed by atoms with E-state index >= 15 is 0 Å². The minimum atomic E-state index is -4.81. The SMILES string of the molecule is O=S(=O)(O)c1cc(NNc2cc(Cl)c(S(=O)(=O)O)cc2Cl)cc(S(=O)(=O)O)c1. The number of hydrogen-bond donors (Lipinski definition) is 5. The first-order chi connectivity index (χ1) is 12.6. The monoisotopic (exact) mass is 492 g/mol. The Labute approximate surface area is 169 Å². The van der Waals surface area contributed by atoms with Crippen LogP contribution in [0, 0.1) is 0 Å². The quantitative estimate of drug-likeness (QED) is 0.293. The first kappa shape index (κ1) is 22.6. The highest BCUT2D eigenvalue weighted by molar-refractivity contribution is 7.86. The molecule has 0 aromatic heterocycles. The van der Waals surface area contributed by atoms with Crippen LogP contribution < -0.4 is 10.9 Å². The Balaban J connectivity index is 2.44. The van der Waals surface area contributed by atoms with Crippen LogP contribution in [0.25, 0.3) is 0 Å². The second-order valence-electron chi connectivity index (χ2n) is 5.13. The maximum atomic E-state index is 11.3. The predicted octanol–water partition coefficient (Wildman–Crippen LogP) is 2.17. The molecule has 0 saturated carbocycles. The van der Waals surface area contributed by atoms with Crippen LogP contribution in [-0.4, -0.2) is 38.9 Å². The van der Waals surface area contributed by atoms with Crippen molar-refractivity contribution in [2.45, 2.75) is 14.7 Å². The van der Waals surface area contributed by atoms with Gasteiger partial charge in [-0.25, -0.2) is 0 Å². The summed E-state index contributed by atoms with van der Waals surface area (Å²) >= 11 is 11.6. The van der Waals surface area contributed by atoms with Gasteiger partial charge in [0.05, 0.1) is 31.2 Å². The molecule has 0 radical (unpaired) electrons. The van der Waals surface area contributed by atoms with E-state index in [4.69, 9.17) is 36.9 Å². The molecule has 0 spiro atoms. The lowest BCUT2D eigenvalue weighted by molar-refractivity contribution is 0.479. The molecule has 0 heterocycles. The molecule has 0 aliphatic rings. The maximum Gasteiger partial charge on any atom is 0.296 e. The molecule has 0 saturated heterocycles. The summed E-state index contributed by atoms with van der Waals surface area (Å²) < 4.78 is 94.7. The highest BCUT2D eigenvalue weighted by Gasteiger charge is 2.20. The van der Waals surface area contributed by atoms with Crippen molar-refractivity contribution in [3.05, 3.63) is 40.4 Å². The van der Waals surface area contributed by atoms with Gasteiger partial charge in [-0.2, -0.15) is 25.3 Å². The molecule has 0 amide bonds. The molecule has 0 atom stereocenters. The first-order valence-corrected chi connectivity index (χ1v) is 11.8. The van der Waals surface area contributed by atoms with Crippen LogP contribution in [0.4, 0.5) is 11.4 Å². The van der Waals surface area contributed by atoms with Crippen molar-refractivity contribution in [1.82, 2.24) is 0 Å². The zero-order valence-electron chi connectivity index (χ0n) is 13.2. The van der Waals surface area contributed by atoms with E-state index in [1.54, 1.807) is 0 Å². The maximum absolute atomic E-state index is 11.3. The zero-order valence-corrected chi connectivity index (χ0v) is 17.1. The fourth-order valence-corrected chi connectivity index (χ4v) is 4.39. The number of hydrazine groups is 1. The van der Waals surface area contributed by atoms with Crippen molar-refractivity contribution >= 4 is 64.9 Å². The van der Waals surface area contributed by atoms with Crippen molar-refractivity contribution in [2.75, 3.05) is 10.9 Å². The Kier molecular flexibility index (Phi) is 6.18. The van der Waals surface area contributed by atoms with Crippen LogP contribution in [0.3, 0.4) is 0 Å². The Hall–Kier alpha value is -1.65. The third-order valence-electron chi connectivity index (χ3n) is 3.12. The van der Waals surface area contributed by atoms with Crippen molar-refractivity contribution < 1.29 is 38.9 Å². The van der Waals surface area contributed by atoms with Crippen LogP contribution >= 0.6 is 23.2 Å². The fourth-order valence-electron chi connectivity index (χ4n) is 1.90. The molecular weight excluding hydrogens is 483 g/mol. The van der Waals surface area contributed by atoms with E-state index < -0.39 is 50.1 Å². The Morgan fingerprint density at radius 2 is 1.14 bits per heavy atom. The van der Waals surface area contributed by atoms with Gasteiger partial charge in [-0.1, -0.05) is 23.2 Å². The summed E-state index contributed by atoms with van der Waals surface area (Å²) in [6.07, 6.45) is 0. The summed E-state index contributed by atoms with van der Waals surface area (Å²) in [5.41, 5.74) is 4.49. The van der Waals surface area contributed by atoms with Gasteiger partial charge >= 0.3 is 0 Å². The van der Waals surface area contributed by atoms with Gasteiger partial charge in [0.1, 0.15) is 4.90 Å². The molecule has 154 valence electrons. The van der Waals surface area contributed by atoms with E-state index in [1.807, 2.05) is 0 Å². The highest BCUT2D eigenvalue weighted by atomic mass is 35.5. The van der Waals surface area contributed by atoms with E-state index in [9.17, 15) is 25.3 Å². The summed E-state index contributed by atoms with van der Waals surface area (Å²) in [4.78, 5) is -2.33. The Morgan fingerprint density at radius 3 is 1.57 bits per heavy atom. The van der Waals surface area contributed by atoms with E-state index in [1.165, 1.54) is 0 Å². The molecule has 0 fully saturated rings. The Bertz CT molecular complexity index is 1210. The number of halogens is 2. The summed E-state index contributed by atoms with van der Waals surface area (Å²) in [6.45, 7) is 0. The molecular formula is C12H10Cl2N2O9S3. The van der Waals surface area contributed by atoms with E-state index in [0.29, 0.717) is 6.07 Å². The van der Waals surface area contributed by atoms with Gasteiger partial charge < -0.3 is 5.43 Å². The van der Waals surface area contributed by atoms with Crippen LogP contribution in [0.5, 0.6) is 0 Å². The predicted molar refractivity (Wildman–Crippen MR) is 99.6 cm³/mol. The number of anilines is 2. The molecule has 0 unspecified atom stereocenters. The second-order valence-corrected chi connectivity index (χ2v) is 10.2. The lowest BCUT2D eigenvalue weighted by Gasteiger charge is -2.14. The molecule has 0 aliphatic carbocycles. The lowest BCUT2D eigenvalue weighted by atomic mass is 10.3. The molecule has 2 aromatic carbocycles. The standard InChI is InChI=1S/C12H10Cl2N2O9S3/c13-9-5-12(28(23,24)25)10(14)4-11(9)16-15-6-1-7(26(17,18)19)3-8(2-6)27(20,21)22/h1-5,15-16H,(H,17,18,19)(H,20,21,22)(H,23,24,25). The third kappa shape index (κ3) is 5.45. The van der Waals surface area contributed by atoms with E-state index in [0.717, 1.165) is 24.3 Å². The van der Waals surface area contributed by atoms with Crippen molar-refractivity contribution in [3.8, 4) is 0 Å². The van der Waals surface area contributed by atoms with Crippen molar-refractivity contribution in [2.24, 2.45) is 0 Å². The first-order valence-electron chi connectivity index (χ1n) is 6.67. The van der Waals surface area contributed by atoms with Gasteiger partial charge in [0.25, 0.3) is 30.4 Å². The normalized spacial score (nSPS) is 12.6. The van der Waals surface area contributed by atoms with Crippen molar-refractivity contribution in [1.29, 1.82) is 0 Å². The summed E-state index contributed by atoms with van der Waals surface area (Å²) in [7, 11) is -14.3. The number of rotatable bonds is 6. The molecule has 0 bridgehead atoms. The summed E-state index contributed by atoms with van der Waals surface area (Å²) in [5.74, 6) is 0. The highest BCUT2D eigenvalue weighted by Crippen LogP contribution is 2.32. The molecule has 2 rings (SSSR count). The van der Waals surface area contributed by atoms with Gasteiger partial charge in [0, 0.05) is 0 Å². The zero-order chi connectivity index (χ0) is 21.5. The summed E-state index contributed by atoms with van der Waals surface area (Å²) in [6, 6.07) is 4.04. The van der Waals surface area contributed by atoms with Gasteiger partial charge in [-0.15, -0.1) is 0 Å². The van der Waals surface area contributed by atoms with Crippen molar-refractivity contribution in [3.63, 3.8) is 0 Å². The summed E-state index contributed by atoms with van der Waals surface area (Å²) in [5, 5.41) is -0.632. The lowest BCUT2D eigenvalue weighted by Crippen LogP contribution is -2.12. The molecule has 11 nitrogen and oxygen atoms in total. The number of nitrogens with one attached hydrogen (secondary N) is 2. The largest absolute Gasteiger partial charge is 0.301 e. The minimum absolute atomic E-state index is 0.0373. The van der Waals surface area contributed by atoms with Gasteiger partial charge in [-0.05, 0) is 30.3 Å². The molecule has 28 heavy (non-hydrogen) atoms. The average molecular weight is 493 g/mol. The smallest absolute Gasteiger partial charge is 0.296 e. The van der Waals surface area contributed by atoms with Crippen LogP contribution in [0.1, 0.15) is 0 Å². The van der Waals surface area contributed by atoms with Gasteiger partial charge in [0.2, 0.25) is 0 Å². The van der Waals surface area contributed by atoms with Crippen LogP contribution in [-0.2, 0) is 30.4 Å². The van der Waals surface area contributed by atoms with Gasteiger partial charge in [0.15, 0.2) is 0 Å². The topological polar surface area (TPSA) is 187 Å². The fraction of sp³-hybridized carbons (Fsp3) is 0. The van der Waals surface area contributed by atoms with Crippen LogP contribution in [0.15, 0.2) is 45.0 Å². The molecule has 5 N–H and O–H groups in total. The molecule has 2 aromatic rings. The average Bonchev–Trinajstić information content (AvgIpc) is 2.52. The molecule has 16 heteroatoms. The van der Waals surface area contributed by atoms with E-state index in [-0.39, 0.29) is 16.4 Å². The van der Waals surface area contributed by atoms with Gasteiger partial charge in [-0.3, -0.25) is 19.1 Å². The molecule has 0 aliphatic heterocycles. The number of hydrogen-bond acceptors (Lipinski definition) is 8. The van der Waals surface area contributed by atoms with E-state index in [2.05, 4.69) is 10.9 Å². The number of benzene rings is 2. The second kappa shape index (κ2) is 7.64. The minimum Gasteiger partial charge on any atom is -0.301 e.